The summed E-state index contributed by atoms with van der Waals surface area (Å²) in [5.74, 6) is 0.345. The molecule has 0 atom stereocenters. The molecule has 1 N–H and O–H groups in total. The second kappa shape index (κ2) is 7.73. The smallest absolute Gasteiger partial charge is 1.00 e. The molecule has 0 amide bonds. The van der Waals surface area contributed by atoms with Gasteiger partial charge in [-0.05, 0) is 23.1 Å². The summed E-state index contributed by atoms with van der Waals surface area (Å²) in [5, 5.41) is 9.18. The molecule has 1 nitrogen and oxygen atoms in total. The summed E-state index contributed by atoms with van der Waals surface area (Å²) in [6.45, 7) is 6.38. The van der Waals surface area contributed by atoms with Crippen LogP contribution in [0.1, 0.15) is 26.3 Å². The first kappa shape index (κ1) is 20.0. The standard InChI is InChI=1S/C10H14O.2ClH.Zr/c1-10(2,3)8-5-4-6-9(11)7-8;;;/h4-7,11H,1-3H3;2*1H;/q;;;+2/p-2. The molecule has 78 valence electrons. The van der Waals surface area contributed by atoms with Crippen LogP contribution < -0.4 is 24.8 Å². The fourth-order valence-corrected chi connectivity index (χ4v) is 0.972. The Morgan fingerprint density at radius 2 is 1.57 bits per heavy atom. The van der Waals surface area contributed by atoms with E-state index in [0.717, 1.165) is 5.56 Å². The van der Waals surface area contributed by atoms with Crippen molar-refractivity contribution >= 4 is 0 Å². The predicted octanol–water partition coefficient (Wildman–Crippen LogP) is -3.30. The van der Waals surface area contributed by atoms with Gasteiger partial charge in [0.2, 0.25) is 0 Å². The number of aromatic hydroxyl groups is 1. The molecule has 0 unspecified atom stereocenters. The molecule has 1 rings (SSSR count). The van der Waals surface area contributed by atoms with Crippen molar-refractivity contribution in [2.24, 2.45) is 0 Å². The number of hydrogen-bond donors (Lipinski definition) is 1. The zero-order valence-corrected chi connectivity index (χ0v) is 12.5. The summed E-state index contributed by atoms with van der Waals surface area (Å²) >= 11 is 0. The van der Waals surface area contributed by atoms with Crippen LogP contribution in [0.25, 0.3) is 0 Å². The Morgan fingerprint density at radius 3 is 1.86 bits per heavy atom. The van der Waals surface area contributed by atoms with Crippen LogP contribution in [0.2, 0.25) is 0 Å². The third-order valence-corrected chi connectivity index (χ3v) is 1.71. The van der Waals surface area contributed by atoms with Gasteiger partial charge in [0.15, 0.2) is 0 Å². The van der Waals surface area contributed by atoms with Crippen LogP contribution in [0.4, 0.5) is 0 Å². The van der Waals surface area contributed by atoms with Crippen molar-refractivity contribution in [3.05, 3.63) is 29.8 Å². The molecule has 0 spiro atoms. The van der Waals surface area contributed by atoms with Gasteiger partial charge < -0.3 is 29.9 Å². The molecular weight excluding hydrogens is 298 g/mol. The predicted molar refractivity (Wildman–Crippen MR) is 46.8 cm³/mol. The van der Waals surface area contributed by atoms with Gasteiger partial charge in [-0.15, -0.1) is 0 Å². The van der Waals surface area contributed by atoms with Gasteiger partial charge in [-0.25, -0.2) is 0 Å². The zero-order valence-electron chi connectivity index (χ0n) is 8.51. The quantitative estimate of drug-likeness (QED) is 0.532. The summed E-state index contributed by atoms with van der Waals surface area (Å²) < 4.78 is 0. The Kier molecular flexibility index (Phi) is 11.0. The topological polar surface area (TPSA) is 20.2 Å². The largest absolute Gasteiger partial charge is 2.00 e. The first-order valence-electron chi connectivity index (χ1n) is 3.79. The van der Waals surface area contributed by atoms with Gasteiger partial charge >= 0.3 is 26.2 Å². The normalized spacial score (nSPS) is 9.07. The SMILES string of the molecule is CC(C)(C)c1cccc(O)c1.[Cl-].[Cl-].[Zr+2]. The van der Waals surface area contributed by atoms with Gasteiger partial charge in [0.1, 0.15) is 5.75 Å². The minimum atomic E-state index is 0. The van der Waals surface area contributed by atoms with E-state index in [-0.39, 0.29) is 56.4 Å². The Hall–Kier alpha value is 0.483. The van der Waals surface area contributed by atoms with E-state index < -0.39 is 0 Å². The van der Waals surface area contributed by atoms with E-state index in [1.807, 2.05) is 12.1 Å². The molecule has 14 heavy (non-hydrogen) atoms. The van der Waals surface area contributed by atoms with Crippen LogP contribution in [0.5, 0.6) is 5.75 Å². The minimum absolute atomic E-state index is 0. The third kappa shape index (κ3) is 6.06. The van der Waals surface area contributed by atoms with Gasteiger partial charge in [-0.2, -0.15) is 0 Å². The Morgan fingerprint density at radius 1 is 1.07 bits per heavy atom. The average Bonchev–Trinajstić information content (AvgIpc) is 1.86. The maximum Gasteiger partial charge on any atom is 2.00 e. The summed E-state index contributed by atoms with van der Waals surface area (Å²) in [7, 11) is 0. The Labute approximate surface area is 117 Å². The fourth-order valence-electron chi connectivity index (χ4n) is 0.972. The number of rotatable bonds is 0. The van der Waals surface area contributed by atoms with Crippen molar-refractivity contribution < 1.29 is 56.1 Å². The molecule has 0 aliphatic carbocycles. The number of benzene rings is 1. The average molecular weight is 312 g/mol. The number of halogens is 2. The molecule has 0 aliphatic rings. The van der Waals surface area contributed by atoms with E-state index in [1.165, 1.54) is 0 Å². The van der Waals surface area contributed by atoms with Crippen molar-refractivity contribution in [3.63, 3.8) is 0 Å². The zero-order chi connectivity index (χ0) is 8.48. The summed E-state index contributed by atoms with van der Waals surface area (Å²) in [4.78, 5) is 0. The van der Waals surface area contributed by atoms with Crippen LogP contribution in [0.3, 0.4) is 0 Å². The van der Waals surface area contributed by atoms with E-state index in [1.54, 1.807) is 12.1 Å². The molecule has 0 aliphatic heterocycles. The maximum atomic E-state index is 9.18. The molecule has 1 aromatic carbocycles. The molecule has 4 heteroatoms. The monoisotopic (exact) mass is 310 g/mol. The van der Waals surface area contributed by atoms with E-state index >= 15 is 0 Å². The summed E-state index contributed by atoms with van der Waals surface area (Å²) in [6, 6.07) is 7.39. The second-order valence-corrected chi connectivity index (χ2v) is 3.80. The van der Waals surface area contributed by atoms with Gasteiger partial charge in [0.25, 0.3) is 0 Å². The van der Waals surface area contributed by atoms with Crippen molar-refractivity contribution in [1.29, 1.82) is 0 Å². The molecule has 0 saturated heterocycles. The molecule has 0 saturated carbocycles. The number of hydrogen-bond acceptors (Lipinski definition) is 1. The molecular formula is C10H14Cl2OZr. The van der Waals surface area contributed by atoms with Crippen LogP contribution in [-0.4, -0.2) is 5.11 Å². The van der Waals surface area contributed by atoms with E-state index in [4.69, 9.17) is 0 Å². The Bertz CT molecular complexity index is 259. The molecule has 0 bridgehead atoms. The minimum Gasteiger partial charge on any atom is -1.00 e. The summed E-state index contributed by atoms with van der Waals surface area (Å²) in [6.07, 6.45) is 0. The van der Waals surface area contributed by atoms with Gasteiger partial charge in [0.05, 0.1) is 0 Å². The number of phenolic OH excluding ortho intramolecular Hbond substituents is 1. The van der Waals surface area contributed by atoms with Gasteiger partial charge in [-0.1, -0.05) is 32.9 Å². The molecule has 1 aromatic rings. The molecule has 0 heterocycles. The molecule has 0 fully saturated rings. The maximum absolute atomic E-state index is 9.18. The third-order valence-electron chi connectivity index (χ3n) is 1.71. The van der Waals surface area contributed by atoms with E-state index in [9.17, 15) is 5.11 Å². The van der Waals surface area contributed by atoms with Crippen LogP contribution in [0.15, 0.2) is 24.3 Å². The Balaban J connectivity index is -0.000000403. The first-order chi connectivity index (χ1) is 5.00. The molecule has 0 aromatic heterocycles. The van der Waals surface area contributed by atoms with Crippen molar-refractivity contribution in [2.45, 2.75) is 26.2 Å². The number of phenols is 1. The van der Waals surface area contributed by atoms with Crippen molar-refractivity contribution in [2.75, 3.05) is 0 Å². The van der Waals surface area contributed by atoms with Crippen LogP contribution in [0, 0.1) is 0 Å². The second-order valence-electron chi connectivity index (χ2n) is 3.80. The fraction of sp³-hybridized carbons (Fsp3) is 0.400. The summed E-state index contributed by atoms with van der Waals surface area (Å²) in [5.41, 5.74) is 1.29. The van der Waals surface area contributed by atoms with Gasteiger partial charge in [0, 0.05) is 0 Å². The van der Waals surface area contributed by atoms with E-state index in [0.29, 0.717) is 5.75 Å². The van der Waals surface area contributed by atoms with Crippen LogP contribution >= 0.6 is 0 Å². The van der Waals surface area contributed by atoms with Crippen LogP contribution in [-0.2, 0) is 31.6 Å². The van der Waals surface area contributed by atoms with Crippen molar-refractivity contribution in [1.82, 2.24) is 0 Å². The van der Waals surface area contributed by atoms with E-state index in [2.05, 4.69) is 20.8 Å². The van der Waals surface area contributed by atoms with Gasteiger partial charge in [-0.3, -0.25) is 0 Å². The first-order valence-corrected chi connectivity index (χ1v) is 3.79. The van der Waals surface area contributed by atoms with Crippen molar-refractivity contribution in [3.8, 4) is 5.75 Å². The molecule has 0 radical (unpaired) electrons.